The summed E-state index contributed by atoms with van der Waals surface area (Å²) < 4.78 is 0. The van der Waals surface area contributed by atoms with Gasteiger partial charge in [-0.25, -0.2) is 0 Å². The number of hydrogen-bond acceptors (Lipinski definition) is 2. The van der Waals surface area contributed by atoms with E-state index in [1.807, 2.05) is 0 Å². The van der Waals surface area contributed by atoms with Crippen LogP contribution in [0.25, 0.3) is 22.3 Å². The molecule has 0 atom stereocenters. The van der Waals surface area contributed by atoms with Crippen LogP contribution in [0.3, 0.4) is 0 Å². The van der Waals surface area contributed by atoms with Gasteiger partial charge in [-0.2, -0.15) is 0 Å². The second-order valence-electron chi connectivity index (χ2n) is 8.77. The lowest BCUT2D eigenvalue weighted by Crippen LogP contribution is -2.13. The highest BCUT2D eigenvalue weighted by atomic mass is 15.1. The third kappa shape index (κ3) is 4.06. The van der Waals surface area contributed by atoms with E-state index >= 15 is 0 Å². The zero-order valence-corrected chi connectivity index (χ0v) is 18.2. The van der Waals surface area contributed by atoms with Crippen LogP contribution in [0.1, 0.15) is 26.3 Å². The van der Waals surface area contributed by atoms with Crippen LogP contribution in [0.2, 0.25) is 0 Å². The van der Waals surface area contributed by atoms with Crippen LogP contribution in [-0.4, -0.2) is 28.2 Å². The molecule has 2 heteroatoms. The van der Waals surface area contributed by atoms with E-state index in [2.05, 4.69) is 125 Å². The van der Waals surface area contributed by atoms with Gasteiger partial charge in [0.15, 0.2) is 0 Å². The maximum atomic E-state index is 3.53. The molecule has 0 aromatic heterocycles. The number of rotatable bonds is 4. The van der Waals surface area contributed by atoms with E-state index in [4.69, 9.17) is 0 Å². The molecule has 0 heterocycles. The highest BCUT2D eigenvalue weighted by Crippen LogP contribution is 2.40. The van der Waals surface area contributed by atoms with Crippen molar-refractivity contribution in [2.75, 3.05) is 38.0 Å². The van der Waals surface area contributed by atoms with Gasteiger partial charge in [0.05, 0.1) is 0 Å². The molecule has 0 aliphatic rings. The number of benzene rings is 3. The summed E-state index contributed by atoms with van der Waals surface area (Å²) in [7, 11) is 8.28. The molecule has 3 aromatic carbocycles. The Morgan fingerprint density at radius 3 is 1.54 bits per heavy atom. The Bertz CT molecular complexity index is 928. The molecule has 0 aliphatic carbocycles. The van der Waals surface area contributed by atoms with Gasteiger partial charge in [0.1, 0.15) is 0 Å². The van der Waals surface area contributed by atoms with Gasteiger partial charge in [0, 0.05) is 39.6 Å². The van der Waals surface area contributed by atoms with Crippen molar-refractivity contribution in [1.29, 1.82) is 0 Å². The SMILES string of the molecule is CN(C)c1ccc(-c2[c]ccc(C(C)(C)C)c2-c2ccc(N(C)C)cc2)cc1. The van der Waals surface area contributed by atoms with Gasteiger partial charge in [-0.3, -0.25) is 0 Å². The third-order valence-electron chi connectivity index (χ3n) is 5.15. The molecule has 0 bridgehead atoms. The van der Waals surface area contributed by atoms with Crippen LogP contribution in [0.15, 0.2) is 60.7 Å². The van der Waals surface area contributed by atoms with E-state index in [0.717, 1.165) is 5.56 Å². The predicted molar refractivity (Wildman–Crippen MR) is 124 cm³/mol. The highest BCUT2D eigenvalue weighted by Gasteiger charge is 2.22. The van der Waals surface area contributed by atoms with Gasteiger partial charge in [-0.15, -0.1) is 0 Å². The van der Waals surface area contributed by atoms with Gasteiger partial charge >= 0.3 is 0 Å². The fourth-order valence-electron chi connectivity index (χ4n) is 3.50. The summed E-state index contributed by atoms with van der Waals surface area (Å²) in [5.74, 6) is 0. The zero-order chi connectivity index (χ0) is 20.5. The smallest absolute Gasteiger partial charge is 0.0361 e. The summed E-state index contributed by atoms with van der Waals surface area (Å²) in [6.45, 7) is 6.83. The molecular weight excluding hydrogens is 340 g/mol. The minimum atomic E-state index is 0.0446. The molecule has 3 rings (SSSR count). The van der Waals surface area contributed by atoms with Crippen molar-refractivity contribution in [3.63, 3.8) is 0 Å². The van der Waals surface area contributed by atoms with Gasteiger partial charge in [-0.1, -0.05) is 57.2 Å². The first-order chi connectivity index (χ1) is 13.2. The summed E-state index contributed by atoms with van der Waals surface area (Å²) in [6.07, 6.45) is 0. The minimum absolute atomic E-state index is 0.0446. The molecule has 2 nitrogen and oxygen atoms in total. The van der Waals surface area contributed by atoms with Crippen molar-refractivity contribution in [3.8, 4) is 22.3 Å². The van der Waals surface area contributed by atoms with Crippen LogP contribution in [0.5, 0.6) is 0 Å². The van der Waals surface area contributed by atoms with Crippen LogP contribution in [0, 0.1) is 6.07 Å². The van der Waals surface area contributed by atoms with Gasteiger partial charge in [-0.05, 0) is 63.6 Å². The van der Waals surface area contributed by atoms with Crippen molar-refractivity contribution in [2.45, 2.75) is 26.2 Å². The Hall–Kier alpha value is -2.74. The summed E-state index contributed by atoms with van der Waals surface area (Å²) >= 11 is 0. The summed E-state index contributed by atoms with van der Waals surface area (Å²) in [4.78, 5) is 4.26. The molecule has 3 aromatic rings. The lowest BCUT2D eigenvalue weighted by molar-refractivity contribution is 0.592. The van der Waals surface area contributed by atoms with Crippen molar-refractivity contribution in [2.24, 2.45) is 0 Å². The standard InChI is InChI=1S/C26H31N2/c1-26(2,3)24-10-8-9-23(19-11-15-21(16-12-19)27(4)5)25(24)20-13-17-22(18-14-20)28(6)7/h8,10-18H,1-7H3. The number of anilines is 2. The Labute approximate surface area is 170 Å². The topological polar surface area (TPSA) is 6.48 Å². The van der Waals surface area contributed by atoms with E-state index < -0.39 is 0 Å². The van der Waals surface area contributed by atoms with Gasteiger partial charge < -0.3 is 9.80 Å². The molecular formula is C26H31N2. The van der Waals surface area contributed by atoms with Crippen molar-refractivity contribution < 1.29 is 0 Å². The Balaban J connectivity index is 2.20. The highest BCUT2D eigenvalue weighted by molar-refractivity contribution is 5.87. The molecule has 0 saturated heterocycles. The minimum Gasteiger partial charge on any atom is -0.378 e. The molecule has 28 heavy (non-hydrogen) atoms. The average molecular weight is 372 g/mol. The molecule has 0 spiro atoms. The van der Waals surface area contributed by atoms with Crippen LogP contribution in [0.4, 0.5) is 11.4 Å². The molecule has 1 radical (unpaired) electrons. The summed E-state index contributed by atoms with van der Waals surface area (Å²) in [6, 6.07) is 25.4. The van der Waals surface area contributed by atoms with Gasteiger partial charge in [0.25, 0.3) is 0 Å². The second-order valence-corrected chi connectivity index (χ2v) is 8.77. The fraction of sp³-hybridized carbons (Fsp3) is 0.308. The normalized spacial score (nSPS) is 11.4. The average Bonchev–Trinajstić information content (AvgIpc) is 2.67. The largest absolute Gasteiger partial charge is 0.378 e. The zero-order valence-electron chi connectivity index (χ0n) is 18.2. The monoisotopic (exact) mass is 371 g/mol. The third-order valence-corrected chi connectivity index (χ3v) is 5.15. The Morgan fingerprint density at radius 1 is 0.643 bits per heavy atom. The van der Waals surface area contributed by atoms with E-state index in [1.165, 1.54) is 33.6 Å². The van der Waals surface area contributed by atoms with Crippen molar-refractivity contribution >= 4 is 11.4 Å². The molecule has 0 aliphatic heterocycles. The van der Waals surface area contributed by atoms with Crippen LogP contribution < -0.4 is 9.80 Å². The van der Waals surface area contributed by atoms with Crippen molar-refractivity contribution in [3.05, 3.63) is 72.3 Å². The lowest BCUT2D eigenvalue weighted by atomic mass is 9.79. The van der Waals surface area contributed by atoms with E-state index in [-0.39, 0.29) is 5.41 Å². The molecule has 0 N–H and O–H groups in total. The van der Waals surface area contributed by atoms with Gasteiger partial charge in [0.2, 0.25) is 0 Å². The maximum absolute atomic E-state index is 3.53. The first kappa shape index (κ1) is 20.0. The summed E-state index contributed by atoms with van der Waals surface area (Å²) in [5.41, 5.74) is 8.67. The fourth-order valence-corrected chi connectivity index (χ4v) is 3.50. The Kier molecular flexibility index (Phi) is 5.51. The predicted octanol–water partition coefficient (Wildman–Crippen LogP) is 6.25. The van der Waals surface area contributed by atoms with E-state index in [1.54, 1.807) is 0 Å². The van der Waals surface area contributed by atoms with Crippen LogP contribution in [-0.2, 0) is 5.41 Å². The summed E-state index contributed by atoms with van der Waals surface area (Å²) in [5, 5.41) is 0. The molecule has 0 unspecified atom stereocenters. The van der Waals surface area contributed by atoms with E-state index in [9.17, 15) is 0 Å². The molecule has 145 valence electrons. The van der Waals surface area contributed by atoms with E-state index in [0.29, 0.717) is 0 Å². The maximum Gasteiger partial charge on any atom is 0.0361 e. The quantitative estimate of drug-likeness (QED) is 0.535. The van der Waals surface area contributed by atoms with Crippen LogP contribution >= 0.6 is 0 Å². The number of hydrogen-bond donors (Lipinski definition) is 0. The molecule has 0 amide bonds. The molecule has 0 fully saturated rings. The first-order valence-electron chi connectivity index (χ1n) is 9.79. The Morgan fingerprint density at radius 2 is 1.11 bits per heavy atom. The van der Waals surface area contributed by atoms with Crippen molar-refractivity contribution in [1.82, 2.24) is 0 Å². The number of nitrogens with zero attached hydrogens (tertiary/aromatic N) is 2. The second kappa shape index (κ2) is 7.71. The lowest BCUT2D eigenvalue weighted by Gasteiger charge is -2.26. The first-order valence-corrected chi connectivity index (χ1v) is 9.79. The molecule has 0 saturated carbocycles.